The third-order valence-corrected chi connectivity index (χ3v) is 2.84. The van der Waals surface area contributed by atoms with Gasteiger partial charge < -0.3 is 15.5 Å². The lowest BCUT2D eigenvalue weighted by atomic mass is 10.1. The first kappa shape index (κ1) is 12.6. The first-order valence-corrected chi connectivity index (χ1v) is 5.96. The van der Waals surface area contributed by atoms with Crippen molar-refractivity contribution in [3.8, 4) is 5.75 Å². The third-order valence-electron chi connectivity index (χ3n) is 2.84. The van der Waals surface area contributed by atoms with Crippen LogP contribution >= 0.6 is 0 Å². The predicted molar refractivity (Wildman–Crippen MR) is 71.0 cm³/mol. The van der Waals surface area contributed by atoms with Crippen molar-refractivity contribution in [3.63, 3.8) is 0 Å². The maximum Gasteiger partial charge on any atom is 0.120 e. The molecule has 0 aliphatic rings. The topological polar surface area (TPSA) is 52.5 Å². The largest absolute Gasteiger partial charge is 0.508 e. The van der Waals surface area contributed by atoms with Gasteiger partial charge in [-0.2, -0.15) is 0 Å². The maximum atomic E-state index is 9.61. The van der Waals surface area contributed by atoms with Gasteiger partial charge in [-0.1, -0.05) is 42.5 Å². The minimum atomic E-state index is 0.0750. The minimum Gasteiger partial charge on any atom is -0.508 e. The van der Waals surface area contributed by atoms with Crippen molar-refractivity contribution in [3.05, 3.63) is 65.2 Å². The second-order valence-corrected chi connectivity index (χ2v) is 4.21. The Morgan fingerprint density at radius 1 is 0.833 bits per heavy atom. The Labute approximate surface area is 107 Å². The number of nitrogens with one attached hydrogen (secondary N) is 1. The normalized spacial score (nSPS) is 10.5. The molecule has 3 heteroatoms. The van der Waals surface area contributed by atoms with Gasteiger partial charge in [0.2, 0.25) is 0 Å². The van der Waals surface area contributed by atoms with Gasteiger partial charge >= 0.3 is 0 Å². The van der Waals surface area contributed by atoms with E-state index in [1.54, 1.807) is 6.07 Å². The van der Waals surface area contributed by atoms with Gasteiger partial charge in [-0.3, -0.25) is 0 Å². The second kappa shape index (κ2) is 6.19. The quantitative estimate of drug-likeness (QED) is 0.754. The number of para-hydroxylation sites is 1. The number of aliphatic hydroxyl groups is 1. The number of phenolic OH excluding ortho intramolecular Hbond substituents is 1. The van der Waals surface area contributed by atoms with Gasteiger partial charge in [0.05, 0.1) is 6.61 Å². The summed E-state index contributed by atoms with van der Waals surface area (Å²) in [5, 5.41) is 21.8. The second-order valence-electron chi connectivity index (χ2n) is 4.21. The van der Waals surface area contributed by atoms with Crippen LogP contribution in [0.25, 0.3) is 0 Å². The molecule has 0 unspecified atom stereocenters. The SMILES string of the molecule is OCc1ccc(CNCc2ccccc2O)cc1. The molecular weight excluding hydrogens is 226 g/mol. The summed E-state index contributed by atoms with van der Waals surface area (Å²) in [6, 6.07) is 15.1. The number of aromatic hydroxyl groups is 1. The molecule has 0 aliphatic carbocycles. The smallest absolute Gasteiger partial charge is 0.120 e. The molecule has 2 aromatic carbocycles. The van der Waals surface area contributed by atoms with E-state index in [2.05, 4.69) is 5.32 Å². The van der Waals surface area contributed by atoms with E-state index in [4.69, 9.17) is 5.11 Å². The van der Waals surface area contributed by atoms with Crippen LogP contribution in [0.3, 0.4) is 0 Å². The molecule has 18 heavy (non-hydrogen) atoms. The Hall–Kier alpha value is -1.84. The zero-order chi connectivity index (χ0) is 12.8. The fraction of sp³-hybridized carbons (Fsp3) is 0.200. The number of hydrogen-bond donors (Lipinski definition) is 3. The average molecular weight is 243 g/mol. The minimum absolute atomic E-state index is 0.0750. The Bertz CT molecular complexity index is 494. The summed E-state index contributed by atoms with van der Waals surface area (Å²) in [6.07, 6.45) is 0. The van der Waals surface area contributed by atoms with E-state index >= 15 is 0 Å². The first-order chi connectivity index (χ1) is 8.79. The molecule has 0 atom stereocenters. The monoisotopic (exact) mass is 243 g/mol. The van der Waals surface area contributed by atoms with Crippen LogP contribution in [-0.4, -0.2) is 10.2 Å². The van der Waals surface area contributed by atoms with Crippen molar-refractivity contribution in [2.24, 2.45) is 0 Å². The predicted octanol–water partition coefficient (Wildman–Crippen LogP) is 2.17. The van der Waals surface area contributed by atoms with Crippen molar-refractivity contribution < 1.29 is 10.2 Å². The fourth-order valence-corrected chi connectivity index (χ4v) is 1.76. The molecule has 0 saturated carbocycles. The van der Waals surface area contributed by atoms with Crippen LogP contribution in [0.1, 0.15) is 16.7 Å². The molecule has 0 aliphatic heterocycles. The van der Waals surface area contributed by atoms with E-state index in [1.807, 2.05) is 42.5 Å². The summed E-state index contributed by atoms with van der Waals surface area (Å²) >= 11 is 0. The molecular formula is C15H17NO2. The molecule has 0 spiro atoms. The summed E-state index contributed by atoms with van der Waals surface area (Å²) in [7, 11) is 0. The van der Waals surface area contributed by atoms with Crippen LogP contribution in [0.4, 0.5) is 0 Å². The van der Waals surface area contributed by atoms with Gasteiger partial charge in [0.25, 0.3) is 0 Å². The lowest BCUT2D eigenvalue weighted by molar-refractivity contribution is 0.282. The number of phenols is 1. The van der Waals surface area contributed by atoms with E-state index in [9.17, 15) is 5.11 Å². The van der Waals surface area contributed by atoms with Gasteiger partial charge in [-0.25, -0.2) is 0 Å². The van der Waals surface area contributed by atoms with Crippen molar-refractivity contribution in [1.29, 1.82) is 0 Å². The number of benzene rings is 2. The third kappa shape index (κ3) is 3.32. The molecule has 3 nitrogen and oxygen atoms in total. The molecule has 2 rings (SSSR count). The van der Waals surface area contributed by atoms with E-state index in [0.717, 1.165) is 23.2 Å². The van der Waals surface area contributed by atoms with Gasteiger partial charge in [0, 0.05) is 18.7 Å². The summed E-state index contributed by atoms with van der Waals surface area (Å²) in [5.74, 6) is 0.320. The van der Waals surface area contributed by atoms with Crippen molar-refractivity contribution in [1.82, 2.24) is 5.32 Å². The van der Waals surface area contributed by atoms with Gasteiger partial charge in [0.1, 0.15) is 5.75 Å². The molecule has 0 heterocycles. The molecule has 0 bridgehead atoms. The lowest BCUT2D eigenvalue weighted by Gasteiger charge is -2.07. The van der Waals surface area contributed by atoms with Crippen LogP contribution in [0.2, 0.25) is 0 Å². The van der Waals surface area contributed by atoms with Crippen molar-refractivity contribution in [2.45, 2.75) is 19.7 Å². The molecule has 0 aromatic heterocycles. The Morgan fingerprint density at radius 2 is 1.50 bits per heavy atom. The van der Waals surface area contributed by atoms with Crippen LogP contribution in [0.15, 0.2) is 48.5 Å². The number of aliphatic hydroxyl groups excluding tert-OH is 1. The van der Waals surface area contributed by atoms with Crippen molar-refractivity contribution in [2.75, 3.05) is 0 Å². The average Bonchev–Trinajstić information content (AvgIpc) is 2.42. The zero-order valence-electron chi connectivity index (χ0n) is 10.1. The molecule has 3 N–H and O–H groups in total. The summed E-state index contributed by atoms with van der Waals surface area (Å²) in [4.78, 5) is 0. The lowest BCUT2D eigenvalue weighted by Crippen LogP contribution is -2.12. The highest BCUT2D eigenvalue weighted by Gasteiger charge is 1.99. The van der Waals surface area contributed by atoms with Crippen LogP contribution in [0, 0.1) is 0 Å². The molecule has 0 amide bonds. The Kier molecular flexibility index (Phi) is 4.34. The summed E-state index contributed by atoms with van der Waals surface area (Å²) in [5.41, 5.74) is 2.96. The first-order valence-electron chi connectivity index (χ1n) is 5.96. The number of rotatable bonds is 5. The molecule has 0 fully saturated rings. The van der Waals surface area contributed by atoms with Gasteiger partial charge in [-0.05, 0) is 17.2 Å². The van der Waals surface area contributed by atoms with Gasteiger partial charge in [-0.15, -0.1) is 0 Å². The molecule has 0 saturated heterocycles. The van der Waals surface area contributed by atoms with E-state index < -0.39 is 0 Å². The number of hydrogen-bond acceptors (Lipinski definition) is 3. The molecule has 2 aromatic rings. The maximum absolute atomic E-state index is 9.61. The highest BCUT2D eigenvalue weighted by Crippen LogP contribution is 2.15. The fourth-order valence-electron chi connectivity index (χ4n) is 1.76. The molecule has 94 valence electrons. The van der Waals surface area contributed by atoms with Crippen LogP contribution in [0.5, 0.6) is 5.75 Å². The van der Waals surface area contributed by atoms with Crippen LogP contribution in [-0.2, 0) is 19.7 Å². The van der Waals surface area contributed by atoms with Crippen LogP contribution < -0.4 is 5.32 Å². The Balaban J connectivity index is 1.86. The van der Waals surface area contributed by atoms with Gasteiger partial charge in [0.15, 0.2) is 0 Å². The highest BCUT2D eigenvalue weighted by atomic mass is 16.3. The highest BCUT2D eigenvalue weighted by molar-refractivity contribution is 5.31. The zero-order valence-corrected chi connectivity index (χ0v) is 10.1. The summed E-state index contributed by atoms with van der Waals surface area (Å²) < 4.78 is 0. The van der Waals surface area contributed by atoms with E-state index in [0.29, 0.717) is 12.3 Å². The Morgan fingerprint density at radius 3 is 2.17 bits per heavy atom. The summed E-state index contributed by atoms with van der Waals surface area (Å²) in [6.45, 7) is 1.44. The van der Waals surface area contributed by atoms with E-state index in [-0.39, 0.29) is 6.61 Å². The standard InChI is InChI=1S/C15H17NO2/c17-11-13-7-5-12(6-8-13)9-16-10-14-3-1-2-4-15(14)18/h1-8,16-18H,9-11H2. The van der Waals surface area contributed by atoms with E-state index in [1.165, 1.54) is 0 Å². The van der Waals surface area contributed by atoms with Crippen molar-refractivity contribution >= 4 is 0 Å². The molecule has 0 radical (unpaired) electrons.